The molecule has 0 spiro atoms. The maximum absolute atomic E-state index is 15.1. The molecule has 38 heavy (non-hydrogen) atoms. The summed E-state index contributed by atoms with van der Waals surface area (Å²) in [5, 5.41) is 18.0. The van der Waals surface area contributed by atoms with Gasteiger partial charge in [-0.3, -0.25) is 0 Å². The van der Waals surface area contributed by atoms with Gasteiger partial charge in [0.15, 0.2) is 0 Å². The highest BCUT2D eigenvalue weighted by atomic mass is 19.1. The van der Waals surface area contributed by atoms with Gasteiger partial charge in [-0.15, -0.1) is 0 Å². The second kappa shape index (κ2) is 10.5. The molecule has 196 valence electrons. The van der Waals surface area contributed by atoms with E-state index >= 15 is 4.39 Å². The van der Waals surface area contributed by atoms with Crippen LogP contribution in [-0.4, -0.2) is 55.7 Å². The Labute approximate surface area is 218 Å². The second-order valence-electron chi connectivity index (χ2n) is 9.44. The smallest absolute Gasteiger partial charge is 0.350 e. The van der Waals surface area contributed by atoms with Gasteiger partial charge in [-0.1, -0.05) is 26.8 Å². The first-order chi connectivity index (χ1) is 18.4. The van der Waals surface area contributed by atoms with Gasteiger partial charge in [0.2, 0.25) is 5.89 Å². The average molecular weight is 518 g/mol. The van der Waals surface area contributed by atoms with Crippen molar-refractivity contribution >= 4 is 11.8 Å². The molecule has 1 fully saturated rings. The average Bonchev–Trinajstić information content (AvgIpc) is 3.57. The number of nitriles is 1. The number of aromatic nitrogens is 6. The summed E-state index contributed by atoms with van der Waals surface area (Å²) in [6.07, 6.45) is 3.70. The van der Waals surface area contributed by atoms with Crippen molar-refractivity contribution in [1.82, 2.24) is 29.5 Å². The lowest BCUT2D eigenvalue weighted by Crippen LogP contribution is -2.47. The summed E-state index contributed by atoms with van der Waals surface area (Å²) in [5.41, 5.74) is 1.29. The van der Waals surface area contributed by atoms with Gasteiger partial charge in [0.25, 0.3) is 5.95 Å². The molecule has 0 saturated carbocycles. The lowest BCUT2D eigenvalue weighted by atomic mass is 10.0. The van der Waals surface area contributed by atoms with Crippen molar-refractivity contribution in [2.75, 3.05) is 36.0 Å². The third-order valence-corrected chi connectivity index (χ3v) is 6.48. The molecule has 1 saturated heterocycles. The summed E-state index contributed by atoms with van der Waals surface area (Å²) in [7, 11) is 0. The van der Waals surface area contributed by atoms with Gasteiger partial charge >= 0.3 is 5.69 Å². The summed E-state index contributed by atoms with van der Waals surface area (Å²) in [5.74, 6) is 1.35. The van der Waals surface area contributed by atoms with Crippen LogP contribution in [0.5, 0.6) is 0 Å². The Balaban J connectivity index is 1.33. The zero-order valence-corrected chi connectivity index (χ0v) is 21.5. The number of anilines is 2. The van der Waals surface area contributed by atoms with Crippen molar-refractivity contribution in [2.24, 2.45) is 0 Å². The lowest BCUT2D eigenvalue weighted by Gasteiger charge is -2.35. The Morgan fingerprint density at radius 3 is 2.55 bits per heavy atom. The van der Waals surface area contributed by atoms with Gasteiger partial charge in [-0.05, 0) is 35.3 Å². The van der Waals surface area contributed by atoms with Crippen LogP contribution in [0.1, 0.15) is 44.6 Å². The first kappa shape index (κ1) is 25.1. The number of aryl methyl sites for hydroxylation is 1. The Kier molecular flexibility index (Phi) is 6.91. The molecular weight excluding hydrogens is 489 g/mol. The molecule has 0 radical (unpaired) electrons. The van der Waals surface area contributed by atoms with Crippen LogP contribution in [0.25, 0.3) is 16.8 Å². The van der Waals surface area contributed by atoms with E-state index in [0.29, 0.717) is 67.1 Å². The molecule has 0 atom stereocenters. The highest BCUT2D eigenvalue weighted by molar-refractivity contribution is 5.69. The van der Waals surface area contributed by atoms with E-state index in [9.17, 15) is 10.1 Å². The molecular formula is C26H28FN9O2. The largest absolute Gasteiger partial charge is 0.352 e. The summed E-state index contributed by atoms with van der Waals surface area (Å²) >= 11 is 0. The Bertz CT molecular complexity index is 1540. The lowest BCUT2D eigenvalue weighted by molar-refractivity contribution is 0.364. The number of hydrogen-bond donors (Lipinski definition) is 0. The van der Waals surface area contributed by atoms with Crippen LogP contribution >= 0.6 is 0 Å². The van der Waals surface area contributed by atoms with E-state index in [1.54, 1.807) is 18.3 Å². The molecule has 5 rings (SSSR count). The number of rotatable bonds is 7. The van der Waals surface area contributed by atoms with Crippen molar-refractivity contribution in [2.45, 2.75) is 39.7 Å². The SMILES string of the molecule is CCCn1ncn(-c2ccc(-c3cnc(N4CCN(c5noc(C(C)C)n5)CC4)c(C#N)c3)cc2F)c1=O. The maximum atomic E-state index is 15.1. The fraction of sp³-hybridized carbons (Fsp3) is 0.385. The highest BCUT2D eigenvalue weighted by Crippen LogP contribution is 2.28. The van der Waals surface area contributed by atoms with Crippen molar-refractivity contribution < 1.29 is 8.91 Å². The molecule has 0 unspecified atom stereocenters. The molecule has 0 aliphatic carbocycles. The minimum absolute atomic E-state index is 0.117. The number of benzene rings is 1. The molecule has 1 aliphatic heterocycles. The van der Waals surface area contributed by atoms with Crippen molar-refractivity contribution in [3.8, 4) is 22.9 Å². The molecule has 4 heterocycles. The van der Waals surface area contributed by atoms with Gasteiger partial charge in [0.1, 0.15) is 24.0 Å². The summed E-state index contributed by atoms with van der Waals surface area (Å²) < 4.78 is 22.9. The minimum Gasteiger partial charge on any atom is -0.352 e. The topological polar surface area (TPSA) is 122 Å². The van der Waals surface area contributed by atoms with Crippen molar-refractivity contribution in [3.63, 3.8) is 0 Å². The zero-order chi connectivity index (χ0) is 26.8. The van der Waals surface area contributed by atoms with E-state index in [1.807, 2.05) is 30.6 Å². The van der Waals surface area contributed by atoms with Crippen molar-refractivity contribution in [1.29, 1.82) is 5.26 Å². The summed E-state index contributed by atoms with van der Waals surface area (Å²) in [4.78, 5) is 25.6. The monoisotopic (exact) mass is 517 g/mol. The minimum atomic E-state index is -0.568. The van der Waals surface area contributed by atoms with Crippen LogP contribution in [0.2, 0.25) is 0 Å². The second-order valence-corrected chi connectivity index (χ2v) is 9.44. The molecule has 11 nitrogen and oxygen atoms in total. The number of pyridine rings is 1. The van der Waals surface area contributed by atoms with E-state index in [0.717, 1.165) is 6.42 Å². The Morgan fingerprint density at radius 1 is 1.13 bits per heavy atom. The molecule has 0 bridgehead atoms. The standard InChI is InChI=1S/C26H28FN9O2/c1-4-7-36-26(37)35(16-30-36)22-6-5-18(13-21(22)27)20-12-19(14-28)23(29-15-20)33-8-10-34(11-9-33)25-31-24(17(2)3)38-32-25/h5-6,12-13,15-17H,4,7-11H2,1-3H3. The van der Waals surface area contributed by atoms with E-state index in [4.69, 9.17) is 4.52 Å². The van der Waals surface area contributed by atoms with Gasteiger partial charge in [0, 0.05) is 50.4 Å². The van der Waals surface area contributed by atoms with Gasteiger partial charge in [0.05, 0.1) is 11.3 Å². The van der Waals surface area contributed by atoms with E-state index in [1.165, 1.54) is 27.7 Å². The quantitative estimate of drug-likeness (QED) is 0.363. The van der Waals surface area contributed by atoms with E-state index in [2.05, 4.69) is 26.3 Å². The van der Waals surface area contributed by atoms with Crippen LogP contribution in [0.15, 0.2) is 46.1 Å². The van der Waals surface area contributed by atoms with E-state index in [-0.39, 0.29) is 11.6 Å². The number of piperazine rings is 1. The first-order valence-corrected chi connectivity index (χ1v) is 12.6. The molecule has 0 amide bonds. The predicted octanol–water partition coefficient (Wildman–Crippen LogP) is 3.35. The molecule has 12 heteroatoms. The first-order valence-electron chi connectivity index (χ1n) is 12.6. The van der Waals surface area contributed by atoms with Crippen molar-refractivity contribution in [3.05, 3.63) is 64.5 Å². The van der Waals surface area contributed by atoms with Crippen LogP contribution in [0, 0.1) is 17.1 Å². The normalized spacial score (nSPS) is 13.8. The van der Waals surface area contributed by atoms with Crippen LogP contribution < -0.4 is 15.5 Å². The van der Waals surface area contributed by atoms with Crippen LogP contribution in [0.3, 0.4) is 0 Å². The predicted molar refractivity (Wildman–Crippen MR) is 139 cm³/mol. The zero-order valence-electron chi connectivity index (χ0n) is 21.5. The van der Waals surface area contributed by atoms with Crippen LogP contribution in [-0.2, 0) is 6.54 Å². The third-order valence-electron chi connectivity index (χ3n) is 6.48. The summed E-state index contributed by atoms with van der Waals surface area (Å²) in [6.45, 7) is 8.99. The third kappa shape index (κ3) is 4.74. The highest BCUT2D eigenvalue weighted by Gasteiger charge is 2.24. The number of nitrogens with zero attached hydrogens (tertiary/aromatic N) is 9. The Morgan fingerprint density at radius 2 is 1.89 bits per heavy atom. The molecule has 3 aromatic heterocycles. The van der Waals surface area contributed by atoms with Gasteiger partial charge in [-0.2, -0.15) is 15.3 Å². The molecule has 0 N–H and O–H groups in total. The number of halogens is 1. The molecule has 1 aliphatic rings. The summed E-state index contributed by atoms with van der Waals surface area (Å²) in [6, 6.07) is 8.52. The van der Waals surface area contributed by atoms with Gasteiger partial charge in [-0.25, -0.2) is 23.4 Å². The fourth-order valence-electron chi connectivity index (χ4n) is 4.41. The molecule has 4 aromatic rings. The number of hydrogen-bond acceptors (Lipinski definition) is 9. The molecule has 1 aromatic carbocycles. The van der Waals surface area contributed by atoms with Gasteiger partial charge < -0.3 is 14.3 Å². The maximum Gasteiger partial charge on any atom is 0.350 e. The fourth-order valence-corrected chi connectivity index (χ4v) is 4.41. The Hall–Kier alpha value is -4.53. The van der Waals surface area contributed by atoms with Crippen LogP contribution in [0.4, 0.5) is 16.2 Å². The van der Waals surface area contributed by atoms with E-state index < -0.39 is 11.5 Å².